The zero-order chi connectivity index (χ0) is 14.3. The summed E-state index contributed by atoms with van der Waals surface area (Å²) in [6.07, 6.45) is 6.23. The van der Waals surface area contributed by atoms with Gasteiger partial charge in [0.1, 0.15) is 0 Å². The summed E-state index contributed by atoms with van der Waals surface area (Å²) in [6, 6.07) is 17.4. The molecule has 6 aromatic rings. The number of benzene rings is 3. The van der Waals surface area contributed by atoms with E-state index in [1.54, 1.807) is 0 Å². The number of hydrogen-bond acceptors (Lipinski definition) is 1. The second-order valence-electron chi connectivity index (χ2n) is 5.94. The molecule has 3 heterocycles. The van der Waals surface area contributed by atoms with Crippen LogP contribution in [0.4, 0.5) is 0 Å². The van der Waals surface area contributed by atoms with Crippen molar-refractivity contribution in [2.75, 3.05) is 0 Å². The fraction of sp³-hybridized carbons (Fsp3) is 0. The minimum absolute atomic E-state index is 1.11. The number of fused-ring (bicyclic) bond motifs is 1. The molecule has 0 amide bonds. The Balaban J connectivity index is 2.21. The van der Waals surface area contributed by atoms with Crippen molar-refractivity contribution in [1.82, 2.24) is 4.98 Å². The van der Waals surface area contributed by atoms with Gasteiger partial charge in [-0.1, -0.05) is 30.3 Å². The van der Waals surface area contributed by atoms with Crippen molar-refractivity contribution in [1.29, 1.82) is 0 Å². The third-order valence-corrected chi connectivity index (χ3v) is 4.88. The highest BCUT2D eigenvalue weighted by Gasteiger charge is 2.21. The molecule has 0 aliphatic rings. The van der Waals surface area contributed by atoms with Crippen molar-refractivity contribution in [2.24, 2.45) is 0 Å². The van der Waals surface area contributed by atoms with Crippen LogP contribution >= 0.6 is 0 Å². The van der Waals surface area contributed by atoms with E-state index in [1.807, 2.05) is 6.20 Å². The standard InChI is InChI=1S/C20H11N2/c1-2-12-7-10-22-11-8-14-5-4-13-6-9-21-19-15(3-1)16(12)20(22)18(14)17(13)19/h1-11H/q+1. The van der Waals surface area contributed by atoms with Gasteiger partial charge in [0, 0.05) is 29.1 Å². The predicted octanol–water partition coefficient (Wildman–Crippen LogP) is 4.31. The first kappa shape index (κ1) is 10.7. The molecule has 0 unspecified atom stereocenters. The molecule has 0 N–H and O–H groups in total. The van der Waals surface area contributed by atoms with E-state index in [0.717, 1.165) is 5.52 Å². The molecule has 100 valence electrons. The van der Waals surface area contributed by atoms with Gasteiger partial charge in [-0.05, 0) is 22.2 Å². The number of nitrogens with zero attached hydrogens (tertiary/aromatic N) is 2. The van der Waals surface area contributed by atoms with Crippen LogP contribution in [0.25, 0.3) is 48.7 Å². The van der Waals surface area contributed by atoms with E-state index in [1.165, 1.54) is 43.2 Å². The van der Waals surface area contributed by atoms with E-state index in [9.17, 15) is 0 Å². The van der Waals surface area contributed by atoms with Crippen molar-refractivity contribution in [2.45, 2.75) is 0 Å². The van der Waals surface area contributed by atoms with Gasteiger partial charge in [0.05, 0.1) is 16.3 Å². The molecule has 0 saturated heterocycles. The topological polar surface area (TPSA) is 17.0 Å². The Morgan fingerprint density at radius 3 is 2.32 bits per heavy atom. The van der Waals surface area contributed by atoms with Crippen molar-refractivity contribution < 1.29 is 4.40 Å². The molecule has 3 aromatic heterocycles. The molecule has 0 fully saturated rings. The molecular weight excluding hydrogens is 268 g/mol. The summed E-state index contributed by atoms with van der Waals surface area (Å²) in [5, 5.41) is 8.98. The molecule has 2 nitrogen and oxygen atoms in total. The minimum Gasteiger partial charge on any atom is -0.256 e. The van der Waals surface area contributed by atoms with E-state index < -0.39 is 0 Å². The van der Waals surface area contributed by atoms with Crippen LogP contribution in [-0.4, -0.2) is 4.98 Å². The SMILES string of the molecule is c1cc2cc[n+]3ccc4ccc5ccnc6c(c1)c2c3c4c56. The molecule has 22 heavy (non-hydrogen) atoms. The second-order valence-corrected chi connectivity index (χ2v) is 5.94. The summed E-state index contributed by atoms with van der Waals surface area (Å²) in [4.78, 5) is 4.72. The van der Waals surface area contributed by atoms with Crippen molar-refractivity contribution in [3.8, 4) is 0 Å². The third-order valence-electron chi connectivity index (χ3n) is 4.88. The lowest BCUT2D eigenvalue weighted by Crippen LogP contribution is -2.21. The van der Waals surface area contributed by atoms with Crippen LogP contribution in [0.1, 0.15) is 0 Å². The summed E-state index contributed by atoms with van der Waals surface area (Å²) in [5.41, 5.74) is 2.41. The average molecular weight is 279 g/mol. The lowest BCUT2D eigenvalue weighted by Gasteiger charge is -2.12. The predicted molar refractivity (Wildman–Crippen MR) is 89.8 cm³/mol. The van der Waals surface area contributed by atoms with Gasteiger partial charge >= 0.3 is 0 Å². The van der Waals surface area contributed by atoms with Crippen molar-refractivity contribution in [3.63, 3.8) is 0 Å². The normalized spacial score (nSPS) is 12.5. The average Bonchev–Trinajstić information content (AvgIpc) is 2.59. The number of rotatable bonds is 0. The molecule has 0 bridgehead atoms. The first-order chi connectivity index (χ1) is 10.9. The molecular formula is C20H11N2+. The highest BCUT2D eigenvalue weighted by molar-refractivity contribution is 6.33. The maximum Gasteiger partial charge on any atom is 0.227 e. The zero-order valence-corrected chi connectivity index (χ0v) is 11.7. The van der Waals surface area contributed by atoms with Crippen LogP contribution in [-0.2, 0) is 0 Å². The van der Waals surface area contributed by atoms with Crippen molar-refractivity contribution >= 4 is 48.7 Å². The maximum atomic E-state index is 4.72. The van der Waals surface area contributed by atoms with Gasteiger partial charge in [-0.25, -0.2) is 0 Å². The first-order valence-corrected chi connectivity index (χ1v) is 7.49. The first-order valence-electron chi connectivity index (χ1n) is 7.49. The number of aromatic nitrogens is 2. The Morgan fingerprint density at radius 1 is 0.682 bits per heavy atom. The van der Waals surface area contributed by atoms with Crippen LogP contribution < -0.4 is 4.40 Å². The second kappa shape index (κ2) is 3.42. The van der Waals surface area contributed by atoms with Gasteiger partial charge < -0.3 is 0 Å². The number of hydrogen-bond donors (Lipinski definition) is 0. The highest BCUT2D eigenvalue weighted by Crippen LogP contribution is 2.39. The molecule has 0 saturated carbocycles. The van der Waals surface area contributed by atoms with Crippen LogP contribution in [0, 0.1) is 0 Å². The largest absolute Gasteiger partial charge is 0.256 e. The Bertz CT molecular complexity index is 1200. The fourth-order valence-electron chi connectivity index (χ4n) is 3.96. The van der Waals surface area contributed by atoms with E-state index in [2.05, 4.69) is 65.3 Å². The molecule has 0 aliphatic heterocycles. The van der Waals surface area contributed by atoms with Crippen LogP contribution in [0.15, 0.2) is 67.1 Å². The quantitative estimate of drug-likeness (QED) is 0.230. The van der Waals surface area contributed by atoms with Gasteiger partial charge in [0.15, 0.2) is 12.4 Å². The minimum atomic E-state index is 1.11. The van der Waals surface area contributed by atoms with E-state index in [0.29, 0.717) is 0 Å². The van der Waals surface area contributed by atoms with Gasteiger partial charge in [0.2, 0.25) is 5.52 Å². The van der Waals surface area contributed by atoms with Gasteiger partial charge in [0.25, 0.3) is 0 Å². The smallest absolute Gasteiger partial charge is 0.227 e. The fourth-order valence-corrected chi connectivity index (χ4v) is 3.96. The molecule has 6 rings (SSSR count). The van der Waals surface area contributed by atoms with Crippen molar-refractivity contribution in [3.05, 3.63) is 67.1 Å². The Hall–Kier alpha value is -3.00. The molecule has 2 heteroatoms. The molecule has 0 atom stereocenters. The van der Waals surface area contributed by atoms with E-state index in [-0.39, 0.29) is 0 Å². The molecule has 0 aliphatic carbocycles. The summed E-state index contributed by atoms with van der Waals surface area (Å²) < 4.78 is 2.24. The lowest BCUT2D eigenvalue weighted by atomic mass is 9.93. The van der Waals surface area contributed by atoms with E-state index >= 15 is 0 Å². The van der Waals surface area contributed by atoms with Crippen LogP contribution in [0.2, 0.25) is 0 Å². The molecule has 0 radical (unpaired) electrons. The summed E-state index contributed by atoms with van der Waals surface area (Å²) in [6.45, 7) is 0. The van der Waals surface area contributed by atoms with Gasteiger partial charge in [-0.2, -0.15) is 4.40 Å². The Kier molecular flexibility index (Phi) is 1.66. The molecule has 3 aromatic carbocycles. The summed E-state index contributed by atoms with van der Waals surface area (Å²) in [5.74, 6) is 0. The van der Waals surface area contributed by atoms with Crippen LogP contribution in [0.3, 0.4) is 0 Å². The number of pyridine rings is 3. The maximum absolute atomic E-state index is 4.72. The van der Waals surface area contributed by atoms with E-state index in [4.69, 9.17) is 4.98 Å². The lowest BCUT2D eigenvalue weighted by molar-refractivity contribution is -0.509. The van der Waals surface area contributed by atoms with Gasteiger partial charge in [-0.3, -0.25) is 4.98 Å². The summed E-state index contributed by atoms with van der Waals surface area (Å²) in [7, 11) is 0. The highest BCUT2D eigenvalue weighted by atomic mass is 14.8. The Morgan fingerprint density at radius 2 is 1.45 bits per heavy atom. The monoisotopic (exact) mass is 279 g/mol. The summed E-state index contributed by atoms with van der Waals surface area (Å²) >= 11 is 0. The third kappa shape index (κ3) is 1.06. The zero-order valence-electron chi connectivity index (χ0n) is 11.7. The van der Waals surface area contributed by atoms with Crippen LogP contribution in [0.5, 0.6) is 0 Å². The van der Waals surface area contributed by atoms with Gasteiger partial charge in [-0.15, -0.1) is 0 Å². The Labute approximate surface area is 125 Å². The molecule has 0 spiro atoms.